The van der Waals surface area contributed by atoms with E-state index in [2.05, 4.69) is 0 Å². The maximum atomic E-state index is 13.9. The molecule has 0 saturated carbocycles. The van der Waals surface area contributed by atoms with Crippen molar-refractivity contribution in [2.24, 2.45) is 4.99 Å². The van der Waals surface area contributed by atoms with E-state index in [-0.39, 0.29) is 33.7 Å². The Hall–Kier alpha value is -5.03. The zero-order valence-electron chi connectivity index (χ0n) is 21.4. The van der Waals surface area contributed by atoms with Gasteiger partial charge >= 0.3 is 5.97 Å². The van der Waals surface area contributed by atoms with Gasteiger partial charge in [0.2, 0.25) is 0 Å². The van der Waals surface area contributed by atoms with Gasteiger partial charge in [-0.25, -0.2) is 9.79 Å². The number of thiazole rings is 1. The number of phenols is 1. The molecule has 5 rings (SSSR count). The normalized spacial score (nSPS) is 14.8. The Balaban J connectivity index is 1.84. The molecule has 1 atom stereocenters. The zero-order chi connectivity index (χ0) is 28.4. The van der Waals surface area contributed by atoms with E-state index in [0.29, 0.717) is 27.4 Å². The van der Waals surface area contributed by atoms with Crippen molar-refractivity contribution in [3.05, 3.63) is 125 Å². The Morgan fingerprint density at radius 3 is 2.62 bits per heavy atom. The molecule has 0 fully saturated rings. The Bertz CT molecular complexity index is 1840. The van der Waals surface area contributed by atoms with Gasteiger partial charge in [0.1, 0.15) is 11.5 Å². The van der Waals surface area contributed by atoms with Gasteiger partial charge in [-0.2, -0.15) is 0 Å². The molecule has 0 radical (unpaired) electrons. The highest BCUT2D eigenvalue weighted by atomic mass is 32.1. The van der Waals surface area contributed by atoms with E-state index < -0.39 is 22.5 Å². The summed E-state index contributed by atoms with van der Waals surface area (Å²) in [6, 6.07) is 18.8. The lowest BCUT2D eigenvalue weighted by molar-refractivity contribution is -0.384. The smallest absolute Gasteiger partial charge is 0.338 e. The number of aromatic hydroxyl groups is 1. The van der Waals surface area contributed by atoms with Crippen LogP contribution in [0.1, 0.15) is 29.7 Å². The second-order valence-electron chi connectivity index (χ2n) is 8.71. The van der Waals surface area contributed by atoms with Gasteiger partial charge in [-0.05, 0) is 36.8 Å². The molecule has 1 unspecified atom stereocenters. The quantitative estimate of drug-likeness (QED) is 0.209. The average molecular weight is 558 g/mol. The SMILES string of the molecule is CCOC(=O)C1=C(c2ccccc2)N=c2sc(=Cc3cc([N+](=O)[O-])ccc3O)c(=O)n2C1c1cccc(OC)c1. The van der Waals surface area contributed by atoms with Crippen LogP contribution in [0.25, 0.3) is 11.8 Å². The molecule has 0 spiro atoms. The highest BCUT2D eigenvalue weighted by molar-refractivity contribution is 7.07. The first kappa shape index (κ1) is 26.6. The Morgan fingerprint density at radius 1 is 1.15 bits per heavy atom. The van der Waals surface area contributed by atoms with Crippen LogP contribution in [0, 0.1) is 10.1 Å². The molecule has 1 aliphatic heterocycles. The molecule has 1 aliphatic rings. The van der Waals surface area contributed by atoms with Gasteiger partial charge < -0.3 is 14.6 Å². The van der Waals surface area contributed by atoms with Gasteiger partial charge in [-0.1, -0.05) is 53.8 Å². The second-order valence-corrected chi connectivity index (χ2v) is 9.72. The summed E-state index contributed by atoms with van der Waals surface area (Å²) >= 11 is 1.04. The van der Waals surface area contributed by atoms with Gasteiger partial charge in [-0.15, -0.1) is 0 Å². The van der Waals surface area contributed by atoms with Crippen molar-refractivity contribution < 1.29 is 24.3 Å². The van der Waals surface area contributed by atoms with E-state index in [1.807, 2.05) is 30.3 Å². The number of phenolic OH excluding ortho intramolecular Hbond substituents is 1. The van der Waals surface area contributed by atoms with Crippen LogP contribution in [0.15, 0.2) is 88.2 Å². The van der Waals surface area contributed by atoms with E-state index in [0.717, 1.165) is 11.3 Å². The summed E-state index contributed by atoms with van der Waals surface area (Å²) in [6.45, 7) is 1.81. The second kappa shape index (κ2) is 11.0. The first-order chi connectivity index (χ1) is 19.3. The predicted molar refractivity (Wildman–Crippen MR) is 149 cm³/mol. The van der Waals surface area contributed by atoms with Crippen molar-refractivity contribution in [3.63, 3.8) is 0 Å². The molecule has 1 N–H and O–H groups in total. The van der Waals surface area contributed by atoms with Crippen molar-refractivity contribution in [2.75, 3.05) is 13.7 Å². The highest BCUT2D eigenvalue weighted by Crippen LogP contribution is 2.36. The Labute approximate surface area is 231 Å². The lowest BCUT2D eigenvalue weighted by Crippen LogP contribution is -2.40. The first-order valence-electron chi connectivity index (χ1n) is 12.2. The minimum atomic E-state index is -0.915. The van der Waals surface area contributed by atoms with Crippen molar-refractivity contribution >= 4 is 34.8 Å². The van der Waals surface area contributed by atoms with Gasteiger partial charge in [0, 0.05) is 23.3 Å². The molecule has 1 aromatic heterocycles. The minimum Gasteiger partial charge on any atom is -0.507 e. The number of rotatable bonds is 7. The van der Waals surface area contributed by atoms with Crippen LogP contribution >= 0.6 is 11.3 Å². The summed E-state index contributed by atoms with van der Waals surface area (Å²) in [5.74, 6) is -0.316. The van der Waals surface area contributed by atoms with Crippen LogP contribution < -0.4 is 19.6 Å². The molecule has 0 saturated heterocycles. The molecule has 0 bridgehead atoms. The number of nitrogens with zero attached hydrogens (tertiary/aromatic N) is 3. The van der Waals surface area contributed by atoms with E-state index >= 15 is 0 Å². The molecule has 4 aromatic rings. The van der Waals surface area contributed by atoms with Crippen LogP contribution in [0.5, 0.6) is 11.5 Å². The van der Waals surface area contributed by atoms with E-state index in [1.165, 1.54) is 36.0 Å². The summed E-state index contributed by atoms with van der Waals surface area (Å²) < 4.78 is 12.4. The number of aromatic nitrogens is 1. The van der Waals surface area contributed by atoms with E-state index in [4.69, 9.17) is 14.5 Å². The molecule has 2 heterocycles. The predicted octanol–water partition coefficient (Wildman–Crippen LogP) is 3.56. The van der Waals surface area contributed by atoms with Crippen molar-refractivity contribution in [3.8, 4) is 11.5 Å². The number of hydrogen-bond donors (Lipinski definition) is 1. The van der Waals surface area contributed by atoms with Crippen molar-refractivity contribution in [2.45, 2.75) is 13.0 Å². The molecular formula is C29H23N3O7S. The maximum Gasteiger partial charge on any atom is 0.338 e. The zero-order valence-corrected chi connectivity index (χ0v) is 22.3. The monoisotopic (exact) mass is 557 g/mol. The number of nitro groups is 1. The highest BCUT2D eigenvalue weighted by Gasteiger charge is 2.35. The Kier molecular flexibility index (Phi) is 7.30. The number of carbonyl (C=O) groups excluding carboxylic acids is 1. The van der Waals surface area contributed by atoms with Crippen LogP contribution in [0.2, 0.25) is 0 Å². The molecule has 202 valence electrons. The van der Waals surface area contributed by atoms with Crippen LogP contribution in [-0.4, -0.2) is 34.3 Å². The van der Waals surface area contributed by atoms with Gasteiger partial charge in [0.15, 0.2) is 4.80 Å². The molecule has 10 nitrogen and oxygen atoms in total. The van der Waals surface area contributed by atoms with Gasteiger partial charge in [0.05, 0.1) is 40.5 Å². The standard InChI is InChI=1S/C29H23N3O7S/c1-3-39-28(35)24-25(17-8-5-4-6-9-17)30-29-31(26(24)18-10-7-11-21(15-18)38-2)27(34)23(40-29)16-19-14-20(32(36)37)12-13-22(19)33/h4-16,26,33H,3H2,1-2H3. The number of esters is 1. The van der Waals surface area contributed by atoms with E-state index in [1.54, 1.807) is 31.2 Å². The molecule has 11 heteroatoms. The summed E-state index contributed by atoms with van der Waals surface area (Å²) in [6.07, 6.45) is 1.38. The third-order valence-corrected chi connectivity index (χ3v) is 7.27. The van der Waals surface area contributed by atoms with Crippen LogP contribution in [0.3, 0.4) is 0 Å². The molecule has 3 aromatic carbocycles. The number of non-ortho nitro benzene ring substituents is 1. The number of hydrogen-bond acceptors (Lipinski definition) is 9. The fourth-order valence-corrected chi connectivity index (χ4v) is 5.47. The van der Waals surface area contributed by atoms with Crippen LogP contribution in [0.4, 0.5) is 5.69 Å². The fourth-order valence-electron chi connectivity index (χ4n) is 4.48. The molecule has 40 heavy (non-hydrogen) atoms. The number of ether oxygens (including phenoxy) is 2. The maximum absolute atomic E-state index is 13.9. The first-order valence-corrected chi connectivity index (χ1v) is 13.0. The van der Waals surface area contributed by atoms with Gasteiger partial charge in [0.25, 0.3) is 11.2 Å². The van der Waals surface area contributed by atoms with Crippen LogP contribution in [-0.2, 0) is 9.53 Å². The van der Waals surface area contributed by atoms with Gasteiger partial charge in [-0.3, -0.25) is 19.5 Å². The molecular weight excluding hydrogens is 534 g/mol. The van der Waals surface area contributed by atoms with Crippen molar-refractivity contribution in [1.82, 2.24) is 4.57 Å². The third-order valence-electron chi connectivity index (χ3n) is 6.29. The average Bonchev–Trinajstić information content (AvgIpc) is 3.28. The lowest BCUT2D eigenvalue weighted by Gasteiger charge is -2.26. The number of methoxy groups -OCH3 is 1. The molecule has 0 amide bonds. The summed E-state index contributed by atoms with van der Waals surface area (Å²) in [5, 5.41) is 21.7. The summed E-state index contributed by atoms with van der Waals surface area (Å²) in [5.41, 5.74) is 1.17. The van der Waals surface area contributed by atoms with E-state index in [9.17, 15) is 24.8 Å². The summed E-state index contributed by atoms with van der Waals surface area (Å²) in [7, 11) is 1.52. The third kappa shape index (κ3) is 4.90. The number of benzene rings is 3. The minimum absolute atomic E-state index is 0.102. The number of carbonyl (C=O) groups is 1. The number of nitro benzene ring substituents is 1. The summed E-state index contributed by atoms with van der Waals surface area (Å²) in [4.78, 5) is 43.2. The Morgan fingerprint density at radius 2 is 1.93 bits per heavy atom. The topological polar surface area (TPSA) is 133 Å². The fraction of sp³-hybridized carbons (Fsp3) is 0.138. The van der Waals surface area contributed by atoms with Crippen molar-refractivity contribution in [1.29, 1.82) is 0 Å². The number of fused-ring (bicyclic) bond motifs is 1. The lowest BCUT2D eigenvalue weighted by atomic mass is 9.93. The largest absolute Gasteiger partial charge is 0.507 e. The molecule has 0 aliphatic carbocycles.